The quantitative estimate of drug-likeness (QED) is 0.372. The molecule has 0 saturated carbocycles. The number of rotatable bonds is 6. The topological polar surface area (TPSA) is 118 Å². The van der Waals surface area contributed by atoms with Gasteiger partial charge >= 0.3 is 0 Å². The summed E-state index contributed by atoms with van der Waals surface area (Å²) in [6.07, 6.45) is -0.136. The van der Waals surface area contributed by atoms with Crippen LogP contribution in [0.25, 0.3) is 11.3 Å². The van der Waals surface area contributed by atoms with Crippen LogP contribution in [-0.4, -0.2) is 22.2 Å². The number of nitro benzene ring substituents is 1. The number of hydrogen-bond acceptors (Lipinski definition) is 6. The summed E-state index contributed by atoms with van der Waals surface area (Å²) in [6, 6.07) is 15.7. The fourth-order valence-corrected chi connectivity index (χ4v) is 2.60. The molecule has 2 N–H and O–H groups in total. The fourth-order valence-electron chi connectivity index (χ4n) is 2.44. The van der Waals surface area contributed by atoms with Crippen molar-refractivity contribution in [2.24, 2.45) is 5.10 Å². The van der Waals surface area contributed by atoms with Crippen molar-refractivity contribution in [3.63, 3.8) is 0 Å². The molecule has 0 aliphatic rings. The van der Waals surface area contributed by atoms with Crippen molar-refractivity contribution in [1.82, 2.24) is 5.43 Å². The highest BCUT2D eigenvalue weighted by atomic mass is 35.5. The number of amides is 1. The van der Waals surface area contributed by atoms with E-state index in [0.29, 0.717) is 5.56 Å². The summed E-state index contributed by atoms with van der Waals surface area (Å²) in [7, 11) is 0. The Hall–Kier alpha value is -3.49. The minimum Gasteiger partial charge on any atom is -0.455 e. The van der Waals surface area contributed by atoms with Crippen molar-refractivity contribution < 1.29 is 19.2 Å². The summed E-state index contributed by atoms with van der Waals surface area (Å²) in [5.41, 5.74) is 2.72. The van der Waals surface area contributed by atoms with Crippen molar-refractivity contribution in [3.05, 3.63) is 87.1 Å². The van der Waals surface area contributed by atoms with Crippen LogP contribution in [-0.2, 0) is 4.79 Å². The van der Waals surface area contributed by atoms with Crippen LogP contribution in [0.15, 0.2) is 70.2 Å². The highest BCUT2D eigenvalue weighted by Gasteiger charge is 2.19. The first-order valence-corrected chi connectivity index (χ1v) is 8.43. The number of aliphatic hydroxyl groups excluding tert-OH is 1. The van der Waals surface area contributed by atoms with Crippen LogP contribution < -0.4 is 5.43 Å². The molecule has 9 heteroatoms. The maximum absolute atomic E-state index is 11.9. The lowest BCUT2D eigenvalue weighted by atomic mass is 10.1. The van der Waals surface area contributed by atoms with Gasteiger partial charge in [0.05, 0.1) is 16.7 Å². The molecule has 0 radical (unpaired) electrons. The summed E-state index contributed by atoms with van der Waals surface area (Å²) in [4.78, 5) is 22.6. The van der Waals surface area contributed by atoms with E-state index in [-0.39, 0.29) is 27.8 Å². The standard InChI is InChI=1S/C19H14ClN3O5/c20-13-6-8-15(16(10-13)23(26)27)17-9-7-14(28-17)11-21-22-19(25)18(24)12-4-2-1-3-5-12/h1-11,18,24H,(H,22,25)/b21-11-/t18-/m1/s1. The lowest BCUT2D eigenvalue weighted by molar-refractivity contribution is -0.384. The molecule has 0 spiro atoms. The minimum absolute atomic E-state index is 0.190. The van der Waals surface area contributed by atoms with Gasteiger partial charge in [0.2, 0.25) is 0 Å². The van der Waals surface area contributed by atoms with E-state index < -0.39 is 16.9 Å². The second kappa shape index (κ2) is 8.47. The number of nitro groups is 1. The van der Waals surface area contributed by atoms with Gasteiger partial charge in [-0.2, -0.15) is 5.10 Å². The Morgan fingerprint density at radius 1 is 1.21 bits per heavy atom. The van der Waals surface area contributed by atoms with Gasteiger partial charge in [-0.3, -0.25) is 14.9 Å². The second-order valence-corrected chi connectivity index (χ2v) is 6.10. The third-order valence-electron chi connectivity index (χ3n) is 3.78. The first-order valence-electron chi connectivity index (χ1n) is 8.06. The summed E-state index contributed by atoms with van der Waals surface area (Å²) in [5.74, 6) is -0.197. The van der Waals surface area contributed by atoms with Gasteiger partial charge in [-0.1, -0.05) is 41.9 Å². The molecule has 3 rings (SSSR count). The van der Waals surface area contributed by atoms with Crippen molar-refractivity contribution in [2.75, 3.05) is 0 Å². The van der Waals surface area contributed by atoms with E-state index in [1.165, 1.54) is 36.5 Å². The third kappa shape index (κ3) is 4.43. The lowest BCUT2D eigenvalue weighted by Gasteiger charge is -2.08. The Bertz CT molecular complexity index is 1030. The van der Waals surface area contributed by atoms with Crippen LogP contribution in [0.3, 0.4) is 0 Å². The molecule has 0 aliphatic carbocycles. The van der Waals surface area contributed by atoms with Crippen LogP contribution >= 0.6 is 11.6 Å². The molecule has 1 atom stereocenters. The Balaban J connectivity index is 1.70. The highest BCUT2D eigenvalue weighted by molar-refractivity contribution is 6.30. The maximum Gasteiger partial charge on any atom is 0.281 e. The summed E-state index contributed by atoms with van der Waals surface area (Å²) in [6.45, 7) is 0. The number of halogens is 1. The molecular formula is C19H14ClN3O5. The van der Waals surface area contributed by atoms with Crippen molar-refractivity contribution in [2.45, 2.75) is 6.10 Å². The summed E-state index contributed by atoms with van der Waals surface area (Å²) < 4.78 is 5.52. The zero-order valence-corrected chi connectivity index (χ0v) is 15.0. The van der Waals surface area contributed by atoms with Crippen LogP contribution in [0.5, 0.6) is 0 Å². The van der Waals surface area contributed by atoms with Crippen molar-refractivity contribution >= 4 is 29.4 Å². The minimum atomic E-state index is -1.36. The molecule has 8 nitrogen and oxygen atoms in total. The molecule has 0 aliphatic heterocycles. The van der Waals surface area contributed by atoms with E-state index in [4.69, 9.17) is 16.0 Å². The Labute approximate surface area is 164 Å². The molecule has 0 unspecified atom stereocenters. The number of nitrogens with zero attached hydrogens (tertiary/aromatic N) is 2. The lowest BCUT2D eigenvalue weighted by Crippen LogP contribution is -2.25. The van der Waals surface area contributed by atoms with E-state index in [1.54, 1.807) is 30.3 Å². The van der Waals surface area contributed by atoms with Gasteiger partial charge in [-0.15, -0.1) is 0 Å². The fraction of sp³-hybridized carbons (Fsp3) is 0.0526. The van der Waals surface area contributed by atoms with Crippen LogP contribution in [0.2, 0.25) is 5.02 Å². The second-order valence-electron chi connectivity index (χ2n) is 5.67. The number of nitrogens with one attached hydrogen (secondary N) is 1. The Morgan fingerprint density at radius 3 is 2.68 bits per heavy atom. The largest absolute Gasteiger partial charge is 0.455 e. The smallest absolute Gasteiger partial charge is 0.281 e. The molecule has 0 fully saturated rings. The number of aliphatic hydroxyl groups is 1. The van der Waals surface area contributed by atoms with Crippen LogP contribution in [0.1, 0.15) is 17.4 Å². The summed E-state index contributed by atoms with van der Waals surface area (Å²) in [5, 5.41) is 25.1. The molecule has 0 bridgehead atoms. The van der Waals surface area contributed by atoms with Crippen LogP contribution in [0, 0.1) is 10.1 Å². The van der Waals surface area contributed by atoms with E-state index in [1.807, 2.05) is 0 Å². The highest BCUT2D eigenvalue weighted by Crippen LogP contribution is 2.33. The molecular weight excluding hydrogens is 386 g/mol. The average Bonchev–Trinajstić information content (AvgIpc) is 3.16. The number of carbonyl (C=O) groups excluding carboxylic acids is 1. The number of carbonyl (C=O) groups is 1. The number of furan rings is 1. The molecule has 1 aromatic heterocycles. The first kappa shape index (κ1) is 19.3. The zero-order valence-electron chi connectivity index (χ0n) is 14.3. The normalized spacial score (nSPS) is 12.1. The van der Waals surface area contributed by atoms with Crippen molar-refractivity contribution in [3.8, 4) is 11.3 Å². The van der Waals surface area contributed by atoms with Gasteiger partial charge in [0.15, 0.2) is 6.10 Å². The maximum atomic E-state index is 11.9. The zero-order chi connectivity index (χ0) is 20.1. The number of hydrogen-bond donors (Lipinski definition) is 2. The third-order valence-corrected chi connectivity index (χ3v) is 4.01. The molecule has 142 valence electrons. The van der Waals surface area contributed by atoms with Gasteiger partial charge in [-0.25, -0.2) is 5.43 Å². The molecule has 2 aromatic carbocycles. The predicted octanol–water partition coefficient (Wildman–Crippen LogP) is 3.69. The molecule has 0 saturated heterocycles. The Kier molecular flexibility index (Phi) is 5.83. The molecule has 28 heavy (non-hydrogen) atoms. The monoisotopic (exact) mass is 399 g/mol. The molecule has 1 amide bonds. The Morgan fingerprint density at radius 2 is 1.96 bits per heavy atom. The molecule has 1 heterocycles. The van der Waals surface area contributed by atoms with E-state index in [0.717, 1.165) is 0 Å². The van der Waals surface area contributed by atoms with Gasteiger partial charge in [-0.05, 0) is 29.8 Å². The summed E-state index contributed by atoms with van der Waals surface area (Å²) >= 11 is 5.80. The van der Waals surface area contributed by atoms with Gasteiger partial charge in [0.1, 0.15) is 11.5 Å². The average molecular weight is 400 g/mol. The first-order chi connectivity index (χ1) is 13.5. The number of benzene rings is 2. The van der Waals surface area contributed by atoms with Gasteiger partial charge in [0, 0.05) is 11.1 Å². The van der Waals surface area contributed by atoms with E-state index >= 15 is 0 Å². The SMILES string of the molecule is O=C(N/N=C\c1ccc(-c2ccc(Cl)cc2[N+](=O)[O-])o1)[C@H](O)c1ccccc1. The van der Waals surface area contributed by atoms with Gasteiger partial charge < -0.3 is 9.52 Å². The van der Waals surface area contributed by atoms with E-state index in [2.05, 4.69) is 10.5 Å². The number of hydrazone groups is 1. The van der Waals surface area contributed by atoms with E-state index in [9.17, 15) is 20.0 Å². The van der Waals surface area contributed by atoms with Gasteiger partial charge in [0.25, 0.3) is 11.6 Å². The molecule has 3 aromatic rings. The van der Waals surface area contributed by atoms with Crippen molar-refractivity contribution in [1.29, 1.82) is 0 Å². The predicted molar refractivity (Wildman–Crippen MR) is 103 cm³/mol. The van der Waals surface area contributed by atoms with Crippen LogP contribution in [0.4, 0.5) is 5.69 Å².